The first-order valence-electron chi connectivity index (χ1n) is 26.8. The molecular formula is C52H117N4O13P. The van der Waals surface area contributed by atoms with Crippen LogP contribution >= 0.6 is 7.60 Å². The van der Waals surface area contributed by atoms with Crippen LogP contribution in [0.2, 0.25) is 0 Å². The smallest absolute Gasteiger partial charge is 0.332 e. The first-order valence-corrected chi connectivity index (χ1v) is 28.8. The standard InChI is InChI=1S/C9H20N2O.C9H19NO2.C9H19NO.C7H14O3.C6H15O4P.C6H12O2.3C2H6/c1-9(2)12-8-7-11-5-3-10-4-6-11;1-9(2)12-8-5-10-3-6-11-7-4-10;1-9(2)11-8-7-10-5-3-4-6-10;1-4-9-7(8)5-10-6(2)3;1-6(2)9-4-5-10-11(3,7)8;1-5(2)8-4-6(3)7;3*1-2/h9-10H,3-8H2,1-2H3;9H,3-8H2,1-2H3;9H,3-8H2,1-2H3;6H,4-5H2,1-3H3;6H,4-5H2,1-3H3,(H,7,8);5H,4H2,1-3H3;3*1-2H3. The van der Waals surface area contributed by atoms with Crippen molar-refractivity contribution in [1.82, 2.24) is 20.0 Å². The Hall–Kier alpha value is -1.15. The fraction of sp³-hybridized carbons (Fsp3) is 0.962. The van der Waals surface area contributed by atoms with Crippen molar-refractivity contribution in [1.29, 1.82) is 0 Å². The van der Waals surface area contributed by atoms with E-state index >= 15 is 0 Å². The van der Waals surface area contributed by atoms with E-state index in [1.54, 1.807) is 6.92 Å². The number of nitrogens with one attached hydrogen (secondary N) is 1. The van der Waals surface area contributed by atoms with Crippen molar-refractivity contribution in [3.8, 4) is 0 Å². The molecular weight excluding hydrogens is 920 g/mol. The first kappa shape index (κ1) is 80.2. The maximum absolute atomic E-state index is 10.6. The summed E-state index contributed by atoms with van der Waals surface area (Å²) in [6.45, 7) is 58.4. The van der Waals surface area contributed by atoms with Crippen LogP contribution < -0.4 is 5.32 Å². The molecule has 428 valence electrons. The van der Waals surface area contributed by atoms with Crippen LogP contribution in [0.5, 0.6) is 0 Å². The highest BCUT2D eigenvalue weighted by molar-refractivity contribution is 7.51. The molecule has 70 heavy (non-hydrogen) atoms. The van der Waals surface area contributed by atoms with Crippen LogP contribution in [-0.4, -0.2) is 213 Å². The van der Waals surface area contributed by atoms with Gasteiger partial charge in [-0.05, 0) is 123 Å². The minimum Gasteiger partial charge on any atom is -0.464 e. The molecule has 3 aliphatic heterocycles. The average Bonchev–Trinajstić information content (AvgIpc) is 3.83. The van der Waals surface area contributed by atoms with Crippen LogP contribution in [0.25, 0.3) is 0 Å². The summed E-state index contributed by atoms with van der Waals surface area (Å²) in [6, 6.07) is 0. The van der Waals surface area contributed by atoms with E-state index in [0.717, 1.165) is 85.5 Å². The number of carbonyl (C=O) groups is 2. The monoisotopic (exact) mass is 1040 g/mol. The van der Waals surface area contributed by atoms with Crippen molar-refractivity contribution in [2.24, 2.45) is 0 Å². The van der Waals surface area contributed by atoms with Crippen molar-refractivity contribution in [3.63, 3.8) is 0 Å². The predicted octanol–water partition coefficient (Wildman–Crippen LogP) is 8.86. The first-order chi connectivity index (χ1) is 33.1. The van der Waals surface area contributed by atoms with Crippen LogP contribution in [0.4, 0.5) is 0 Å². The van der Waals surface area contributed by atoms with Gasteiger partial charge in [0.15, 0.2) is 5.78 Å². The number of ketones is 1. The summed E-state index contributed by atoms with van der Waals surface area (Å²) in [5.74, 6) is -0.213. The minimum atomic E-state index is -3.31. The van der Waals surface area contributed by atoms with E-state index in [0.29, 0.717) is 31.5 Å². The van der Waals surface area contributed by atoms with Crippen molar-refractivity contribution < 1.29 is 61.5 Å². The maximum Gasteiger partial charge on any atom is 0.332 e. The van der Waals surface area contributed by atoms with E-state index in [9.17, 15) is 14.2 Å². The second kappa shape index (κ2) is 60.4. The van der Waals surface area contributed by atoms with E-state index in [-0.39, 0.29) is 49.9 Å². The summed E-state index contributed by atoms with van der Waals surface area (Å²) in [5.41, 5.74) is 0. The molecule has 0 aromatic carbocycles. The van der Waals surface area contributed by atoms with Crippen molar-refractivity contribution in [2.45, 2.75) is 188 Å². The Labute approximate surface area is 432 Å². The molecule has 0 saturated carbocycles. The number of likely N-dealkylation sites (tertiary alicyclic amines) is 1. The molecule has 3 saturated heterocycles. The third-order valence-electron chi connectivity index (χ3n) is 8.41. The second-order valence-electron chi connectivity index (χ2n) is 17.1. The molecule has 1 unspecified atom stereocenters. The summed E-state index contributed by atoms with van der Waals surface area (Å²) in [4.78, 5) is 36.8. The van der Waals surface area contributed by atoms with Crippen LogP contribution in [-0.2, 0) is 56.6 Å². The predicted molar refractivity (Wildman–Crippen MR) is 292 cm³/mol. The third kappa shape index (κ3) is 78.3. The number of ether oxygens (including phenoxy) is 8. The highest BCUT2D eigenvalue weighted by Crippen LogP contribution is 2.35. The Bertz CT molecular complexity index is 1040. The lowest BCUT2D eigenvalue weighted by molar-refractivity contribution is -0.149. The van der Waals surface area contributed by atoms with Gasteiger partial charge in [-0.1, -0.05) is 41.5 Å². The molecule has 3 heterocycles. The number of esters is 1. The summed E-state index contributed by atoms with van der Waals surface area (Å²) in [5, 5.41) is 3.33. The van der Waals surface area contributed by atoms with Gasteiger partial charge in [-0.2, -0.15) is 0 Å². The normalized spacial score (nSPS) is 15.5. The number of hydrogen-bond donors (Lipinski definition) is 2. The second-order valence-corrected chi connectivity index (χ2v) is 19.0. The quantitative estimate of drug-likeness (QED) is 0.0532. The Kier molecular flexibility index (Phi) is 69.2. The van der Waals surface area contributed by atoms with Gasteiger partial charge in [0.1, 0.15) is 13.2 Å². The van der Waals surface area contributed by atoms with Crippen LogP contribution in [0.3, 0.4) is 0 Å². The van der Waals surface area contributed by atoms with Gasteiger partial charge < -0.3 is 57.5 Å². The molecule has 0 spiro atoms. The van der Waals surface area contributed by atoms with Gasteiger partial charge >= 0.3 is 13.6 Å². The molecule has 2 N–H and O–H groups in total. The van der Waals surface area contributed by atoms with Crippen LogP contribution in [0.15, 0.2) is 0 Å². The lowest BCUT2D eigenvalue weighted by atomic mass is 10.3. The molecule has 0 aliphatic carbocycles. The average molecular weight is 1040 g/mol. The molecule has 0 aromatic heterocycles. The SMILES string of the molecule is CC.CC.CC.CC(=O)COC(C)C.CC(C)OCCN1CCCC1.CC(C)OCCN1CCNCC1.CC(C)OCCN1CCOCC1.CC(C)OCCOP(C)(=O)O.CCOC(=O)COC(C)C. The summed E-state index contributed by atoms with van der Waals surface area (Å²) < 4.78 is 56.4. The summed E-state index contributed by atoms with van der Waals surface area (Å²) in [7, 11) is -3.31. The highest BCUT2D eigenvalue weighted by atomic mass is 31.2. The molecule has 3 fully saturated rings. The number of morpholine rings is 1. The van der Waals surface area contributed by atoms with Gasteiger partial charge in [-0.3, -0.25) is 19.2 Å². The Morgan fingerprint density at radius 3 is 1.21 bits per heavy atom. The van der Waals surface area contributed by atoms with E-state index < -0.39 is 7.60 Å². The minimum absolute atomic E-state index is 0.0610. The maximum atomic E-state index is 10.6. The molecule has 3 rings (SSSR count). The van der Waals surface area contributed by atoms with Crippen molar-refractivity contribution in [3.05, 3.63) is 0 Å². The van der Waals surface area contributed by atoms with E-state index in [1.807, 2.05) is 83.1 Å². The molecule has 18 heteroatoms. The van der Waals surface area contributed by atoms with Gasteiger partial charge in [-0.25, -0.2) is 4.79 Å². The van der Waals surface area contributed by atoms with Crippen LogP contribution in [0, 0.1) is 0 Å². The molecule has 0 bridgehead atoms. The van der Waals surface area contributed by atoms with Gasteiger partial charge in [-0.15, -0.1) is 0 Å². The Balaban J connectivity index is -0.000000172. The number of hydrogen-bond acceptors (Lipinski definition) is 16. The molecule has 17 nitrogen and oxygen atoms in total. The molecule has 1 atom stereocenters. The number of carbonyl (C=O) groups excluding carboxylic acids is 2. The Morgan fingerprint density at radius 2 is 0.886 bits per heavy atom. The fourth-order valence-electron chi connectivity index (χ4n) is 5.23. The number of Topliss-reactive ketones (excluding diaryl/α,β-unsaturated/α-hetero) is 1. The topological polar surface area (TPSA) is 176 Å². The van der Waals surface area contributed by atoms with Gasteiger partial charge in [0.25, 0.3) is 0 Å². The molecule has 0 radical (unpaired) electrons. The highest BCUT2D eigenvalue weighted by Gasteiger charge is 2.12. The summed E-state index contributed by atoms with van der Waals surface area (Å²) >= 11 is 0. The van der Waals surface area contributed by atoms with Gasteiger partial charge in [0.2, 0.25) is 0 Å². The van der Waals surface area contributed by atoms with E-state index in [2.05, 4.69) is 70.8 Å². The number of piperazine rings is 1. The van der Waals surface area contributed by atoms with Crippen LogP contribution in [0.1, 0.15) is 151 Å². The van der Waals surface area contributed by atoms with Crippen molar-refractivity contribution >= 4 is 19.3 Å². The molecule has 0 aromatic rings. The zero-order chi connectivity index (χ0) is 55.2. The zero-order valence-corrected chi connectivity index (χ0v) is 50.3. The van der Waals surface area contributed by atoms with E-state index in [4.69, 9.17) is 38.1 Å². The molecule has 3 aliphatic rings. The fourth-order valence-corrected chi connectivity index (χ4v) is 5.64. The number of nitrogens with zero attached hydrogens (tertiary/aromatic N) is 3. The van der Waals surface area contributed by atoms with Gasteiger partial charge in [0.05, 0.1) is 89.5 Å². The van der Waals surface area contributed by atoms with Crippen molar-refractivity contribution in [2.75, 3.05) is 145 Å². The van der Waals surface area contributed by atoms with E-state index in [1.165, 1.54) is 45.9 Å². The lowest BCUT2D eigenvalue weighted by Crippen LogP contribution is -2.44. The molecule has 0 amide bonds. The summed E-state index contributed by atoms with van der Waals surface area (Å²) in [6.07, 6.45) is 4.25. The third-order valence-corrected chi connectivity index (χ3v) is 9.07. The Morgan fingerprint density at radius 1 is 0.543 bits per heavy atom. The largest absolute Gasteiger partial charge is 0.464 e. The van der Waals surface area contributed by atoms with Gasteiger partial charge in [0, 0.05) is 65.6 Å². The number of rotatable bonds is 24. The lowest BCUT2D eigenvalue weighted by Gasteiger charge is -2.27. The zero-order valence-electron chi connectivity index (χ0n) is 49.4.